The molecule has 0 fully saturated rings. The van der Waals surface area contributed by atoms with Crippen molar-refractivity contribution in [2.75, 3.05) is 0 Å². The summed E-state index contributed by atoms with van der Waals surface area (Å²) in [7, 11) is 1.63. The predicted octanol–water partition coefficient (Wildman–Crippen LogP) is 4.95. The highest BCUT2D eigenvalue weighted by atomic mass is 19.1. The number of carboxylic acids is 1. The highest BCUT2D eigenvalue weighted by molar-refractivity contribution is 5.97. The second-order valence-electron chi connectivity index (χ2n) is 6.98. The van der Waals surface area contributed by atoms with Gasteiger partial charge in [0.15, 0.2) is 0 Å². The average molecular weight is 401 g/mol. The van der Waals surface area contributed by atoms with Crippen molar-refractivity contribution in [2.24, 2.45) is 7.05 Å². The molecule has 150 valence electrons. The lowest BCUT2D eigenvalue weighted by Gasteiger charge is -2.10. The maximum absolute atomic E-state index is 14.8. The van der Waals surface area contributed by atoms with Gasteiger partial charge >= 0.3 is 5.97 Å². The molecule has 0 radical (unpaired) electrons. The largest absolute Gasteiger partial charge is 0.477 e. The third-order valence-corrected chi connectivity index (χ3v) is 5.20. The summed E-state index contributed by atoms with van der Waals surface area (Å²) in [6, 6.07) is 17.5. The van der Waals surface area contributed by atoms with Gasteiger partial charge in [-0.1, -0.05) is 43.3 Å². The van der Waals surface area contributed by atoms with Crippen molar-refractivity contribution in [2.45, 2.75) is 25.9 Å². The number of hydrogen-bond acceptors (Lipinski definition) is 3. The number of nitrogens with zero attached hydrogens (tertiary/aromatic N) is 3. The quantitative estimate of drug-likeness (QED) is 0.633. The number of nitriles is 2. The van der Waals surface area contributed by atoms with Crippen molar-refractivity contribution in [1.29, 1.82) is 10.5 Å². The molecule has 1 aromatic heterocycles. The summed E-state index contributed by atoms with van der Waals surface area (Å²) in [6.45, 7) is 1.86. The molecular weight excluding hydrogens is 381 g/mol. The maximum Gasteiger partial charge on any atom is 0.353 e. The van der Waals surface area contributed by atoms with Gasteiger partial charge in [0.05, 0.1) is 17.2 Å². The van der Waals surface area contributed by atoms with Gasteiger partial charge in [0.25, 0.3) is 0 Å². The van der Waals surface area contributed by atoms with Crippen LogP contribution in [0.15, 0.2) is 48.5 Å². The van der Waals surface area contributed by atoms with Crippen molar-refractivity contribution in [3.05, 3.63) is 82.2 Å². The molecule has 0 spiro atoms. The van der Waals surface area contributed by atoms with Crippen molar-refractivity contribution < 1.29 is 14.3 Å². The average Bonchev–Trinajstić information content (AvgIpc) is 3.05. The Labute approximate surface area is 174 Å². The molecule has 0 bridgehead atoms. The van der Waals surface area contributed by atoms with Crippen LogP contribution in [0.25, 0.3) is 11.1 Å². The van der Waals surface area contributed by atoms with Gasteiger partial charge in [-0.25, -0.2) is 9.18 Å². The van der Waals surface area contributed by atoms with Gasteiger partial charge in [-0.3, -0.25) is 0 Å². The van der Waals surface area contributed by atoms with Crippen LogP contribution in [0.4, 0.5) is 4.39 Å². The number of carbonyl (C=O) groups is 1. The minimum atomic E-state index is -1.27. The molecule has 0 saturated carbocycles. The molecule has 3 rings (SSSR count). The van der Waals surface area contributed by atoms with E-state index < -0.39 is 12.1 Å². The van der Waals surface area contributed by atoms with E-state index in [9.17, 15) is 19.6 Å². The van der Waals surface area contributed by atoms with E-state index in [2.05, 4.69) is 6.07 Å². The fourth-order valence-corrected chi connectivity index (χ4v) is 3.75. The molecule has 3 aromatic rings. The molecule has 1 heterocycles. The number of rotatable bonds is 6. The van der Waals surface area contributed by atoms with Gasteiger partial charge < -0.3 is 9.67 Å². The first kappa shape index (κ1) is 20.8. The van der Waals surface area contributed by atoms with Crippen molar-refractivity contribution >= 4 is 5.97 Å². The van der Waals surface area contributed by atoms with E-state index in [0.717, 1.165) is 5.56 Å². The fraction of sp³-hybridized carbons (Fsp3) is 0.208. The Morgan fingerprint density at radius 1 is 1.17 bits per heavy atom. The molecule has 2 aromatic carbocycles. The number of benzene rings is 2. The van der Waals surface area contributed by atoms with Crippen LogP contribution in [0, 0.1) is 22.7 Å². The Morgan fingerprint density at radius 3 is 2.43 bits per heavy atom. The molecule has 5 nitrogen and oxygen atoms in total. The zero-order valence-corrected chi connectivity index (χ0v) is 16.7. The van der Waals surface area contributed by atoms with Crippen molar-refractivity contribution in [3.8, 4) is 23.3 Å². The molecule has 0 aliphatic rings. The standard InChI is InChI=1S/C24H20FN3O2/c1-3-21-19(14-27)22(23(24(29)30)28(21)2)18-9-7-17(8-10-18)20(25)12-15-5-4-6-16(11-15)13-26/h4-11,20H,3,12H2,1-2H3,(H,29,30). The topological polar surface area (TPSA) is 89.8 Å². The number of alkyl halides is 1. The normalized spacial score (nSPS) is 11.5. The van der Waals surface area contributed by atoms with E-state index >= 15 is 0 Å². The molecule has 1 atom stereocenters. The Kier molecular flexibility index (Phi) is 5.99. The summed E-state index contributed by atoms with van der Waals surface area (Å²) in [5.41, 5.74) is 3.58. The fourth-order valence-electron chi connectivity index (χ4n) is 3.75. The maximum atomic E-state index is 14.8. The second-order valence-corrected chi connectivity index (χ2v) is 6.98. The molecule has 0 aliphatic heterocycles. The van der Waals surface area contributed by atoms with E-state index in [4.69, 9.17) is 5.26 Å². The molecule has 6 heteroatoms. The van der Waals surface area contributed by atoms with Gasteiger partial charge in [-0.05, 0) is 35.2 Å². The molecule has 0 amide bonds. The highest BCUT2D eigenvalue weighted by Gasteiger charge is 2.25. The second kappa shape index (κ2) is 8.63. The van der Waals surface area contributed by atoms with Crippen LogP contribution in [0.3, 0.4) is 0 Å². The summed E-state index contributed by atoms with van der Waals surface area (Å²) < 4.78 is 16.4. The first-order valence-electron chi connectivity index (χ1n) is 9.49. The Balaban J connectivity index is 1.95. The Bertz CT molecular complexity index is 1180. The molecule has 30 heavy (non-hydrogen) atoms. The summed E-state index contributed by atoms with van der Waals surface area (Å²) in [5.74, 6) is -1.12. The van der Waals surface area contributed by atoms with Gasteiger partial charge in [0.2, 0.25) is 0 Å². The van der Waals surface area contributed by atoms with E-state index in [1.165, 1.54) is 4.57 Å². The third-order valence-electron chi connectivity index (χ3n) is 5.20. The molecule has 0 saturated heterocycles. The van der Waals surface area contributed by atoms with E-state index in [1.54, 1.807) is 55.6 Å². The zero-order chi connectivity index (χ0) is 21.8. The SMILES string of the molecule is CCc1c(C#N)c(-c2ccc(C(F)Cc3cccc(C#N)c3)cc2)c(C(=O)O)n1C. The Morgan fingerprint density at radius 2 is 1.87 bits per heavy atom. The minimum Gasteiger partial charge on any atom is -0.477 e. The number of aromatic nitrogens is 1. The molecule has 0 aliphatic carbocycles. The number of carboxylic acid groups (broad SMARTS) is 1. The van der Waals surface area contributed by atoms with Crippen LogP contribution in [0.2, 0.25) is 0 Å². The zero-order valence-electron chi connectivity index (χ0n) is 16.7. The summed E-state index contributed by atoms with van der Waals surface area (Å²) in [4.78, 5) is 11.8. The van der Waals surface area contributed by atoms with Gasteiger partial charge in [0.1, 0.15) is 17.9 Å². The summed E-state index contributed by atoms with van der Waals surface area (Å²) in [5, 5.41) is 28.3. The van der Waals surface area contributed by atoms with Crippen LogP contribution < -0.4 is 0 Å². The minimum absolute atomic E-state index is 0.0428. The number of aromatic carboxylic acids is 1. The third kappa shape index (κ3) is 3.81. The van der Waals surface area contributed by atoms with Crippen LogP contribution in [0.5, 0.6) is 0 Å². The predicted molar refractivity (Wildman–Crippen MR) is 111 cm³/mol. The number of halogens is 1. The van der Waals surface area contributed by atoms with E-state index in [-0.39, 0.29) is 12.1 Å². The van der Waals surface area contributed by atoms with Crippen molar-refractivity contribution in [1.82, 2.24) is 4.57 Å². The van der Waals surface area contributed by atoms with Crippen LogP contribution in [-0.4, -0.2) is 15.6 Å². The van der Waals surface area contributed by atoms with Crippen molar-refractivity contribution in [3.63, 3.8) is 0 Å². The Hall–Kier alpha value is -3.90. The lowest BCUT2D eigenvalue weighted by Crippen LogP contribution is -2.07. The smallest absolute Gasteiger partial charge is 0.353 e. The van der Waals surface area contributed by atoms with E-state index in [0.29, 0.717) is 39.9 Å². The molecule has 1 N–H and O–H groups in total. The monoisotopic (exact) mass is 401 g/mol. The van der Waals surface area contributed by atoms with Crippen LogP contribution in [0.1, 0.15) is 51.5 Å². The van der Waals surface area contributed by atoms with E-state index in [1.807, 2.05) is 13.0 Å². The van der Waals surface area contributed by atoms with Gasteiger partial charge in [-0.2, -0.15) is 10.5 Å². The number of hydrogen-bond donors (Lipinski definition) is 1. The molecule has 1 unspecified atom stereocenters. The van der Waals surface area contributed by atoms with Crippen LogP contribution in [-0.2, 0) is 19.9 Å². The summed E-state index contributed by atoms with van der Waals surface area (Å²) in [6.07, 6.45) is -0.625. The van der Waals surface area contributed by atoms with Crippen LogP contribution >= 0.6 is 0 Å². The summed E-state index contributed by atoms with van der Waals surface area (Å²) >= 11 is 0. The first-order valence-corrected chi connectivity index (χ1v) is 9.49. The molecular formula is C24H20FN3O2. The lowest BCUT2D eigenvalue weighted by molar-refractivity contribution is 0.0687. The van der Waals surface area contributed by atoms with Gasteiger partial charge in [-0.15, -0.1) is 0 Å². The first-order chi connectivity index (χ1) is 14.4. The highest BCUT2D eigenvalue weighted by Crippen LogP contribution is 2.34. The van der Waals surface area contributed by atoms with Gasteiger partial charge in [0, 0.05) is 24.7 Å². The lowest BCUT2D eigenvalue weighted by atomic mass is 9.96.